The molecule has 2 saturated heterocycles. The molecule has 0 bridgehead atoms. The third kappa shape index (κ3) is 4.59. The van der Waals surface area contributed by atoms with Gasteiger partial charge in [-0.1, -0.05) is 0 Å². The molecule has 2 aliphatic rings. The van der Waals surface area contributed by atoms with Crippen molar-refractivity contribution in [3.05, 3.63) is 0 Å². The van der Waals surface area contributed by atoms with Gasteiger partial charge in [-0.05, 0) is 53.1 Å². The Bertz CT molecular complexity index is 530. The van der Waals surface area contributed by atoms with Crippen LogP contribution in [0.3, 0.4) is 0 Å². The lowest BCUT2D eigenvalue weighted by Gasteiger charge is -2.39. The molecule has 1 atom stereocenters. The molecule has 0 aromatic rings. The van der Waals surface area contributed by atoms with E-state index in [-0.39, 0.29) is 5.75 Å². The van der Waals surface area contributed by atoms with Gasteiger partial charge in [-0.3, -0.25) is 4.99 Å². The fraction of sp³-hybridized carbons (Fsp3) is 0.938. The summed E-state index contributed by atoms with van der Waals surface area (Å²) >= 11 is 0. The van der Waals surface area contributed by atoms with Gasteiger partial charge in [0.05, 0.1) is 10.5 Å². The molecular weight excluding hydrogens is 312 g/mol. The molecule has 6 nitrogen and oxygen atoms in total. The summed E-state index contributed by atoms with van der Waals surface area (Å²) in [5.74, 6) is 1.67. The van der Waals surface area contributed by atoms with E-state index < -0.39 is 14.6 Å². The molecule has 1 unspecified atom stereocenters. The summed E-state index contributed by atoms with van der Waals surface area (Å²) in [7, 11) is -0.850. The van der Waals surface area contributed by atoms with E-state index in [2.05, 4.69) is 29.1 Å². The first-order valence-electron chi connectivity index (χ1n) is 8.69. The number of likely N-dealkylation sites (tertiary alicyclic amines) is 1. The van der Waals surface area contributed by atoms with Gasteiger partial charge in [-0.2, -0.15) is 0 Å². The molecule has 23 heavy (non-hydrogen) atoms. The first-order valence-corrected chi connectivity index (χ1v) is 10.3. The molecule has 7 heteroatoms. The molecule has 2 aliphatic heterocycles. The van der Waals surface area contributed by atoms with Crippen LogP contribution in [0, 0.1) is 5.92 Å². The van der Waals surface area contributed by atoms with Crippen molar-refractivity contribution in [3.8, 4) is 0 Å². The lowest BCUT2D eigenvalue weighted by Crippen LogP contribution is -2.57. The Kier molecular flexibility index (Phi) is 5.94. The van der Waals surface area contributed by atoms with Gasteiger partial charge >= 0.3 is 0 Å². The molecule has 0 saturated carbocycles. The van der Waals surface area contributed by atoms with E-state index in [0.717, 1.165) is 25.6 Å². The average Bonchev–Trinajstić information content (AvgIpc) is 2.46. The summed E-state index contributed by atoms with van der Waals surface area (Å²) < 4.78 is 23.6. The normalized spacial score (nSPS) is 28.6. The van der Waals surface area contributed by atoms with Crippen LogP contribution in [0.1, 0.15) is 33.6 Å². The number of rotatable bonds is 3. The number of hydrogen-bond donors (Lipinski definition) is 1. The zero-order valence-electron chi connectivity index (χ0n) is 15.0. The Hall–Kier alpha value is -0.820. The van der Waals surface area contributed by atoms with Gasteiger partial charge in [0.15, 0.2) is 15.8 Å². The molecule has 0 spiro atoms. The average molecular weight is 345 g/mol. The van der Waals surface area contributed by atoms with Crippen LogP contribution in [-0.4, -0.2) is 81.0 Å². The molecule has 0 radical (unpaired) electrons. The fourth-order valence-electron chi connectivity index (χ4n) is 3.39. The number of sulfone groups is 1. The van der Waals surface area contributed by atoms with Crippen molar-refractivity contribution in [3.63, 3.8) is 0 Å². The lowest BCUT2D eigenvalue weighted by molar-refractivity contribution is 0.214. The van der Waals surface area contributed by atoms with E-state index in [1.807, 2.05) is 13.8 Å². The highest BCUT2D eigenvalue weighted by Crippen LogP contribution is 2.24. The summed E-state index contributed by atoms with van der Waals surface area (Å²) in [5.41, 5.74) is 0. The van der Waals surface area contributed by atoms with Crippen molar-refractivity contribution in [2.24, 2.45) is 10.9 Å². The Morgan fingerprint density at radius 3 is 2.70 bits per heavy atom. The number of nitrogens with zero attached hydrogens (tertiary/aromatic N) is 3. The van der Waals surface area contributed by atoms with Crippen LogP contribution in [-0.2, 0) is 9.84 Å². The quantitative estimate of drug-likeness (QED) is 0.606. The second kappa shape index (κ2) is 7.38. The Morgan fingerprint density at radius 1 is 1.35 bits per heavy atom. The van der Waals surface area contributed by atoms with Crippen LogP contribution >= 0.6 is 0 Å². The van der Waals surface area contributed by atoms with Crippen LogP contribution < -0.4 is 5.32 Å². The van der Waals surface area contributed by atoms with Gasteiger partial charge in [0.25, 0.3) is 0 Å². The minimum absolute atomic E-state index is 0.205. The zero-order chi connectivity index (χ0) is 17.1. The Labute approximate surface area is 141 Å². The lowest BCUT2D eigenvalue weighted by atomic mass is 9.99. The highest BCUT2D eigenvalue weighted by Gasteiger charge is 2.41. The molecule has 134 valence electrons. The smallest absolute Gasteiger partial charge is 0.194 e. The molecule has 2 heterocycles. The van der Waals surface area contributed by atoms with E-state index in [9.17, 15) is 8.42 Å². The van der Waals surface area contributed by atoms with Crippen LogP contribution in [0.4, 0.5) is 0 Å². The predicted octanol–water partition coefficient (Wildman–Crippen LogP) is 0.803. The number of aliphatic imine (C=N–C) groups is 1. The maximum atomic E-state index is 12.2. The third-order valence-corrected chi connectivity index (χ3v) is 7.43. The monoisotopic (exact) mass is 344 g/mol. The van der Waals surface area contributed by atoms with Gasteiger partial charge in [0.1, 0.15) is 0 Å². The molecule has 2 rings (SSSR count). The van der Waals surface area contributed by atoms with Crippen molar-refractivity contribution < 1.29 is 8.42 Å². The van der Waals surface area contributed by atoms with E-state index in [1.165, 1.54) is 19.4 Å². The van der Waals surface area contributed by atoms with Gasteiger partial charge in [0, 0.05) is 32.7 Å². The Morgan fingerprint density at radius 2 is 2.09 bits per heavy atom. The Balaban J connectivity index is 2.04. The summed E-state index contributed by atoms with van der Waals surface area (Å²) in [6.07, 6.45) is 2.47. The van der Waals surface area contributed by atoms with E-state index in [4.69, 9.17) is 4.99 Å². The minimum atomic E-state index is -3.02. The van der Waals surface area contributed by atoms with Crippen molar-refractivity contribution >= 4 is 15.8 Å². The second-order valence-corrected chi connectivity index (χ2v) is 10.2. The zero-order valence-corrected chi connectivity index (χ0v) is 15.8. The van der Waals surface area contributed by atoms with Crippen LogP contribution in [0.5, 0.6) is 0 Å². The standard InChI is InChI=1S/C16H32N4O2S/c1-5-17-15(18-11-14-7-6-8-19(4)12-14)20-9-10-23(21,22)16(2,3)13-20/h14H,5-13H2,1-4H3,(H,17,18). The molecule has 0 amide bonds. The number of piperidine rings is 1. The van der Waals surface area contributed by atoms with Gasteiger partial charge < -0.3 is 15.1 Å². The maximum Gasteiger partial charge on any atom is 0.194 e. The van der Waals surface area contributed by atoms with Gasteiger partial charge in [-0.15, -0.1) is 0 Å². The SMILES string of the molecule is CCNC(=NCC1CCCN(C)C1)N1CCS(=O)(=O)C(C)(C)C1. The maximum absolute atomic E-state index is 12.2. The largest absolute Gasteiger partial charge is 0.357 e. The summed E-state index contributed by atoms with van der Waals surface area (Å²) in [4.78, 5) is 9.30. The van der Waals surface area contributed by atoms with Crippen LogP contribution in [0.2, 0.25) is 0 Å². The topological polar surface area (TPSA) is 65.0 Å². The van der Waals surface area contributed by atoms with Gasteiger partial charge in [-0.25, -0.2) is 8.42 Å². The summed E-state index contributed by atoms with van der Waals surface area (Å²) in [6, 6.07) is 0. The highest BCUT2D eigenvalue weighted by molar-refractivity contribution is 7.92. The van der Waals surface area contributed by atoms with Crippen LogP contribution in [0.15, 0.2) is 4.99 Å². The van der Waals surface area contributed by atoms with Crippen molar-refractivity contribution in [1.82, 2.24) is 15.1 Å². The number of hydrogen-bond acceptors (Lipinski definition) is 4. The molecule has 0 aromatic carbocycles. The van der Waals surface area contributed by atoms with Gasteiger partial charge in [0.2, 0.25) is 0 Å². The van der Waals surface area contributed by atoms with Crippen LogP contribution in [0.25, 0.3) is 0 Å². The van der Waals surface area contributed by atoms with E-state index in [0.29, 0.717) is 19.0 Å². The summed E-state index contributed by atoms with van der Waals surface area (Å²) in [6.45, 7) is 10.6. The molecule has 1 N–H and O–H groups in total. The van der Waals surface area contributed by atoms with Crippen molar-refractivity contribution in [2.75, 3.05) is 52.1 Å². The first kappa shape index (κ1) is 18.5. The first-order chi connectivity index (χ1) is 10.7. The molecule has 0 aliphatic carbocycles. The van der Waals surface area contributed by atoms with E-state index in [1.54, 1.807) is 0 Å². The fourth-order valence-corrected chi connectivity index (χ4v) is 4.75. The minimum Gasteiger partial charge on any atom is -0.357 e. The molecule has 0 aromatic heterocycles. The number of nitrogens with one attached hydrogen (secondary N) is 1. The molecule has 2 fully saturated rings. The predicted molar refractivity (Wildman–Crippen MR) is 95.6 cm³/mol. The third-order valence-electron chi connectivity index (χ3n) is 4.90. The number of guanidine groups is 1. The highest BCUT2D eigenvalue weighted by atomic mass is 32.2. The second-order valence-electron chi connectivity index (χ2n) is 7.47. The van der Waals surface area contributed by atoms with Crippen molar-refractivity contribution in [2.45, 2.75) is 38.4 Å². The summed E-state index contributed by atoms with van der Waals surface area (Å²) in [5, 5.41) is 3.34. The van der Waals surface area contributed by atoms with Crippen molar-refractivity contribution in [1.29, 1.82) is 0 Å². The molecular formula is C16H32N4O2S. The van der Waals surface area contributed by atoms with E-state index >= 15 is 0 Å².